The van der Waals surface area contributed by atoms with Crippen LogP contribution < -0.4 is 10.6 Å². The van der Waals surface area contributed by atoms with Gasteiger partial charge in [-0.15, -0.1) is 0 Å². The molecule has 1 aliphatic carbocycles. The molecule has 1 aromatic rings. The molecule has 0 spiro atoms. The van der Waals surface area contributed by atoms with E-state index in [0.29, 0.717) is 0 Å². The highest BCUT2D eigenvalue weighted by Gasteiger charge is 2.29. The molecule has 1 atom stereocenters. The highest BCUT2D eigenvalue weighted by molar-refractivity contribution is 5.47. The first-order valence-corrected chi connectivity index (χ1v) is 7.06. The summed E-state index contributed by atoms with van der Waals surface area (Å²) in [7, 11) is 0. The second-order valence-corrected chi connectivity index (χ2v) is 5.84. The van der Waals surface area contributed by atoms with E-state index in [-0.39, 0.29) is 6.04 Å². The number of anilines is 1. The molecule has 0 aliphatic heterocycles. The molecular weight excluding hydrogens is 222 g/mol. The zero-order valence-corrected chi connectivity index (χ0v) is 11.8. The average molecular weight is 247 g/mol. The van der Waals surface area contributed by atoms with Crippen LogP contribution in [0.15, 0.2) is 18.3 Å². The van der Waals surface area contributed by atoms with Crippen molar-refractivity contribution in [3.8, 4) is 0 Å². The predicted octanol–water partition coefficient (Wildman–Crippen LogP) is 3.12. The fourth-order valence-corrected chi connectivity index (χ4v) is 2.14. The van der Waals surface area contributed by atoms with Crippen LogP contribution in [0.1, 0.15) is 51.8 Å². The Kier molecular flexibility index (Phi) is 4.23. The topological polar surface area (TPSA) is 42.1 Å². The lowest BCUT2D eigenvalue weighted by molar-refractivity contribution is 0.570. The molecule has 0 unspecified atom stereocenters. The molecule has 3 heteroatoms. The van der Waals surface area contributed by atoms with Gasteiger partial charge in [0.25, 0.3) is 0 Å². The van der Waals surface area contributed by atoms with E-state index in [9.17, 15) is 0 Å². The molecule has 100 valence electrons. The SMILES string of the molecule is CC(C)CCN(c1ccc([C@@H](C)N)nc1)C1CC1. The monoisotopic (exact) mass is 247 g/mol. The number of hydrogen-bond donors (Lipinski definition) is 1. The third-order valence-electron chi connectivity index (χ3n) is 3.50. The van der Waals surface area contributed by atoms with Gasteiger partial charge in [-0.05, 0) is 44.2 Å². The fourth-order valence-electron chi connectivity index (χ4n) is 2.14. The van der Waals surface area contributed by atoms with Crippen molar-refractivity contribution in [1.29, 1.82) is 0 Å². The van der Waals surface area contributed by atoms with Gasteiger partial charge in [0.2, 0.25) is 0 Å². The second-order valence-electron chi connectivity index (χ2n) is 5.84. The minimum atomic E-state index is 0.0177. The van der Waals surface area contributed by atoms with Crippen LogP contribution >= 0.6 is 0 Å². The third-order valence-corrected chi connectivity index (χ3v) is 3.50. The van der Waals surface area contributed by atoms with Gasteiger partial charge in [0, 0.05) is 18.6 Å². The molecule has 0 saturated heterocycles. The van der Waals surface area contributed by atoms with Crippen LogP contribution in [0.4, 0.5) is 5.69 Å². The predicted molar refractivity (Wildman–Crippen MR) is 76.7 cm³/mol. The van der Waals surface area contributed by atoms with Gasteiger partial charge in [0.15, 0.2) is 0 Å². The molecule has 2 N–H and O–H groups in total. The van der Waals surface area contributed by atoms with Gasteiger partial charge < -0.3 is 10.6 Å². The lowest BCUT2D eigenvalue weighted by atomic mass is 10.1. The normalized spacial score (nSPS) is 16.9. The summed E-state index contributed by atoms with van der Waals surface area (Å²) >= 11 is 0. The van der Waals surface area contributed by atoms with E-state index in [2.05, 4.69) is 35.9 Å². The van der Waals surface area contributed by atoms with Crippen molar-refractivity contribution < 1.29 is 0 Å². The van der Waals surface area contributed by atoms with Crippen molar-refractivity contribution in [3.63, 3.8) is 0 Å². The molecule has 1 heterocycles. The molecule has 0 aromatic carbocycles. The van der Waals surface area contributed by atoms with Gasteiger partial charge in [0.05, 0.1) is 17.6 Å². The molecular formula is C15H25N3. The third kappa shape index (κ3) is 3.45. The quantitative estimate of drug-likeness (QED) is 0.840. The number of pyridine rings is 1. The Morgan fingerprint density at radius 3 is 2.50 bits per heavy atom. The van der Waals surface area contributed by atoms with Gasteiger partial charge in [-0.1, -0.05) is 13.8 Å². The summed E-state index contributed by atoms with van der Waals surface area (Å²) in [5.74, 6) is 0.752. The van der Waals surface area contributed by atoms with Crippen LogP contribution in [0, 0.1) is 5.92 Å². The first kappa shape index (κ1) is 13.3. The van der Waals surface area contributed by atoms with E-state index in [1.54, 1.807) is 0 Å². The van der Waals surface area contributed by atoms with Crippen molar-refractivity contribution >= 4 is 5.69 Å². The summed E-state index contributed by atoms with van der Waals surface area (Å²) in [4.78, 5) is 6.98. The molecule has 0 radical (unpaired) electrons. The van der Waals surface area contributed by atoms with Crippen molar-refractivity contribution in [2.24, 2.45) is 11.7 Å². The first-order chi connectivity index (χ1) is 8.58. The first-order valence-electron chi connectivity index (χ1n) is 7.06. The maximum atomic E-state index is 5.83. The minimum absolute atomic E-state index is 0.0177. The van der Waals surface area contributed by atoms with Gasteiger partial charge >= 0.3 is 0 Å². The van der Waals surface area contributed by atoms with Gasteiger partial charge in [-0.25, -0.2) is 0 Å². The number of hydrogen-bond acceptors (Lipinski definition) is 3. The molecule has 1 fully saturated rings. The molecule has 1 saturated carbocycles. The molecule has 18 heavy (non-hydrogen) atoms. The largest absolute Gasteiger partial charge is 0.367 e. The lowest BCUT2D eigenvalue weighted by Gasteiger charge is -2.25. The lowest BCUT2D eigenvalue weighted by Crippen LogP contribution is -2.28. The van der Waals surface area contributed by atoms with Crippen LogP contribution in [-0.2, 0) is 0 Å². The van der Waals surface area contributed by atoms with E-state index in [1.807, 2.05) is 13.1 Å². The van der Waals surface area contributed by atoms with E-state index in [4.69, 9.17) is 5.73 Å². The Labute approximate surface area is 110 Å². The molecule has 2 rings (SSSR count). The number of aromatic nitrogens is 1. The van der Waals surface area contributed by atoms with Crippen molar-refractivity contribution in [2.75, 3.05) is 11.4 Å². The smallest absolute Gasteiger partial charge is 0.0569 e. The van der Waals surface area contributed by atoms with E-state index >= 15 is 0 Å². The van der Waals surface area contributed by atoms with E-state index in [1.165, 1.54) is 24.9 Å². The van der Waals surface area contributed by atoms with Crippen LogP contribution in [0.2, 0.25) is 0 Å². The minimum Gasteiger partial charge on any atom is -0.367 e. The summed E-state index contributed by atoms with van der Waals surface area (Å²) in [6.45, 7) is 7.67. The highest BCUT2D eigenvalue weighted by atomic mass is 15.2. The molecule has 0 amide bonds. The van der Waals surface area contributed by atoms with Crippen molar-refractivity contribution in [2.45, 2.75) is 52.1 Å². The van der Waals surface area contributed by atoms with Crippen molar-refractivity contribution in [1.82, 2.24) is 4.98 Å². The van der Waals surface area contributed by atoms with Crippen LogP contribution in [0.3, 0.4) is 0 Å². The standard InChI is InChI=1S/C15H25N3/c1-11(2)8-9-18(13-4-5-13)14-6-7-15(12(3)16)17-10-14/h6-7,10-13H,4-5,8-9,16H2,1-3H3/t12-/m1/s1. The molecule has 1 aromatic heterocycles. The Bertz CT molecular complexity index is 366. The van der Waals surface area contributed by atoms with Gasteiger partial charge in [-0.3, -0.25) is 4.98 Å². The Morgan fingerprint density at radius 1 is 1.33 bits per heavy atom. The zero-order valence-electron chi connectivity index (χ0n) is 11.8. The second kappa shape index (κ2) is 5.70. The number of rotatable bonds is 6. The van der Waals surface area contributed by atoms with E-state index in [0.717, 1.165) is 24.2 Å². The van der Waals surface area contributed by atoms with Gasteiger partial charge in [-0.2, -0.15) is 0 Å². The maximum absolute atomic E-state index is 5.83. The van der Waals surface area contributed by atoms with Crippen molar-refractivity contribution in [3.05, 3.63) is 24.0 Å². The summed E-state index contributed by atoms with van der Waals surface area (Å²) in [5.41, 5.74) is 8.06. The summed E-state index contributed by atoms with van der Waals surface area (Å²) in [5, 5.41) is 0. The number of nitrogens with two attached hydrogens (primary N) is 1. The summed E-state index contributed by atoms with van der Waals surface area (Å²) in [6, 6.07) is 4.99. The van der Waals surface area contributed by atoms with E-state index < -0.39 is 0 Å². The summed E-state index contributed by atoms with van der Waals surface area (Å²) < 4.78 is 0. The number of nitrogens with zero attached hydrogens (tertiary/aromatic N) is 2. The highest BCUT2D eigenvalue weighted by Crippen LogP contribution is 2.32. The van der Waals surface area contributed by atoms with Crippen LogP contribution in [0.25, 0.3) is 0 Å². The van der Waals surface area contributed by atoms with Crippen LogP contribution in [0.5, 0.6) is 0 Å². The molecule has 1 aliphatic rings. The molecule has 3 nitrogen and oxygen atoms in total. The summed E-state index contributed by atoms with van der Waals surface area (Å²) in [6.07, 6.45) is 5.88. The zero-order chi connectivity index (χ0) is 13.1. The fraction of sp³-hybridized carbons (Fsp3) is 0.667. The van der Waals surface area contributed by atoms with Crippen LogP contribution in [-0.4, -0.2) is 17.6 Å². The maximum Gasteiger partial charge on any atom is 0.0569 e. The molecule has 0 bridgehead atoms. The Balaban J connectivity index is 2.05. The Hall–Kier alpha value is -1.09. The van der Waals surface area contributed by atoms with Gasteiger partial charge in [0.1, 0.15) is 0 Å². The Morgan fingerprint density at radius 2 is 2.06 bits per heavy atom. The average Bonchev–Trinajstić information content (AvgIpc) is 3.14.